The van der Waals surface area contributed by atoms with Crippen molar-refractivity contribution < 1.29 is 22.7 Å². The second-order valence-corrected chi connectivity index (χ2v) is 8.76. The standard InChI is InChI=1S/C17H26N6O5S/c24-16-2-1-3-17(25)23(16)8-11-29(26,27)20-5-4-18-15-12-14(13-19-21-15)22-6-9-28-10-7-22/h12-13,20H,1-11H2,(H,18,21). The molecule has 0 saturated carbocycles. The van der Waals surface area contributed by atoms with Crippen LogP contribution in [0.15, 0.2) is 12.3 Å². The largest absolute Gasteiger partial charge is 0.378 e. The van der Waals surface area contributed by atoms with Crippen molar-refractivity contribution in [3.63, 3.8) is 0 Å². The van der Waals surface area contributed by atoms with Crippen LogP contribution in [0.4, 0.5) is 11.5 Å². The number of anilines is 2. The number of hydrogen-bond acceptors (Lipinski definition) is 9. The summed E-state index contributed by atoms with van der Waals surface area (Å²) < 4.78 is 32.0. The Morgan fingerprint density at radius 1 is 1.10 bits per heavy atom. The van der Waals surface area contributed by atoms with Gasteiger partial charge in [0.2, 0.25) is 21.8 Å². The molecule has 2 fully saturated rings. The number of carbonyl (C=O) groups is 2. The van der Waals surface area contributed by atoms with Gasteiger partial charge in [-0.2, -0.15) is 5.10 Å². The molecule has 0 bridgehead atoms. The summed E-state index contributed by atoms with van der Waals surface area (Å²) in [4.78, 5) is 26.7. The Morgan fingerprint density at radius 3 is 2.55 bits per heavy atom. The minimum atomic E-state index is -3.60. The Morgan fingerprint density at radius 2 is 1.83 bits per heavy atom. The average molecular weight is 426 g/mol. The smallest absolute Gasteiger partial charge is 0.229 e. The highest BCUT2D eigenvalue weighted by Crippen LogP contribution is 2.17. The molecule has 0 radical (unpaired) electrons. The lowest BCUT2D eigenvalue weighted by atomic mass is 10.1. The predicted octanol–water partition coefficient (Wildman–Crippen LogP) is -0.816. The monoisotopic (exact) mass is 426 g/mol. The van der Waals surface area contributed by atoms with Crippen molar-refractivity contribution in [3.8, 4) is 0 Å². The van der Waals surface area contributed by atoms with E-state index in [1.807, 2.05) is 6.07 Å². The molecule has 1 aromatic rings. The van der Waals surface area contributed by atoms with E-state index in [0.717, 1.165) is 23.7 Å². The van der Waals surface area contributed by atoms with Crippen molar-refractivity contribution in [2.24, 2.45) is 0 Å². The van der Waals surface area contributed by atoms with Crippen molar-refractivity contribution in [2.45, 2.75) is 19.3 Å². The SMILES string of the molecule is O=C1CCCC(=O)N1CCS(=O)(=O)NCCNc1cc(N2CCOCC2)cnn1. The fourth-order valence-electron chi connectivity index (χ4n) is 3.17. The Balaban J connectivity index is 1.41. The zero-order valence-corrected chi connectivity index (χ0v) is 17.0. The molecule has 2 aliphatic rings. The van der Waals surface area contributed by atoms with Crippen LogP contribution in [-0.4, -0.2) is 87.0 Å². The molecular weight excluding hydrogens is 400 g/mol. The van der Waals surface area contributed by atoms with E-state index in [-0.39, 0.29) is 43.5 Å². The highest BCUT2D eigenvalue weighted by molar-refractivity contribution is 7.89. The van der Waals surface area contributed by atoms with Gasteiger partial charge in [0, 0.05) is 51.6 Å². The van der Waals surface area contributed by atoms with Crippen LogP contribution in [-0.2, 0) is 24.3 Å². The second-order valence-electron chi connectivity index (χ2n) is 6.83. The molecule has 29 heavy (non-hydrogen) atoms. The predicted molar refractivity (Wildman–Crippen MR) is 106 cm³/mol. The summed E-state index contributed by atoms with van der Waals surface area (Å²) in [6.07, 6.45) is 2.78. The van der Waals surface area contributed by atoms with Gasteiger partial charge in [-0.15, -0.1) is 5.10 Å². The summed E-state index contributed by atoms with van der Waals surface area (Å²) in [5, 5.41) is 11.0. The molecule has 0 unspecified atom stereocenters. The van der Waals surface area contributed by atoms with E-state index in [4.69, 9.17) is 4.74 Å². The Kier molecular flexibility index (Phi) is 7.34. The fraction of sp³-hybridized carbons (Fsp3) is 0.647. The van der Waals surface area contributed by atoms with Crippen LogP contribution in [0.25, 0.3) is 0 Å². The van der Waals surface area contributed by atoms with Crippen LogP contribution >= 0.6 is 0 Å². The highest BCUT2D eigenvalue weighted by atomic mass is 32.2. The lowest BCUT2D eigenvalue weighted by Crippen LogP contribution is -2.44. The van der Waals surface area contributed by atoms with E-state index >= 15 is 0 Å². The number of aromatic nitrogens is 2. The van der Waals surface area contributed by atoms with E-state index in [1.165, 1.54) is 0 Å². The number of sulfonamides is 1. The zero-order chi connectivity index (χ0) is 20.7. The van der Waals surface area contributed by atoms with E-state index in [9.17, 15) is 18.0 Å². The molecule has 0 aliphatic carbocycles. The first-order chi connectivity index (χ1) is 13.9. The molecule has 11 nitrogen and oxygen atoms in total. The summed E-state index contributed by atoms with van der Waals surface area (Å²) in [6.45, 7) is 3.26. The molecule has 12 heteroatoms. The van der Waals surface area contributed by atoms with Gasteiger partial charge in [0.25, 0.3) is 0 Å². The normalized spacial score (nSPS) is 18.2. The molecule has 2 aliphatic heterocycles. The molecule has 160 valence electrons. The fourth-order valence-corrected chi connectivity index (χ4v) is 4.15. The van der Waals surface area contributed by atoms with Crippen LogP contribution in [0.5, 0.6) is 0 Å². The maximum atomic E-state index is 12.1. The molecule has 0 aromatic carbocycles. The third-order valence-corrected chi connectivity index (χ3v) is 6.10. The third-order valence-electron chi connectivity index (χ3n) is 4.74. The summed E-state index contributed by atoms with van der Waals surface area (Å²) >= 11 is 0. The maximum Gasteiger partial charge on any atom is 0.229 e. The quantitative estimate of drug-likeness (QED) is 0.384. The van der Waals surface area contributed by atoms with E-state index in [0.29, 0.717) is 32.0 Å². The highest BCUT2D eigenvalue weighted by Gasteiger charge is 2.27. The summed E-state index contributed by atoms with van der Waals surface area (Å²) in [7, 11) is -3.60. The number of hydrogen-bond donors (Lipinski definition) is 2. The first-order valence-corrected chi connectivity index (χ1v) is 11.3. The first-order valence-electron chi connectivity index (χ1n) is 9.64. The van der Waals surface area contributed by atoms with Gasteiger partial charge in [0.15, 0.2) is 5.82 Å². The van der Waals surface area contributed by atoms with Crippen LogP contribution in [0.1, 0.15) is 19.3 Å². The minimum absolute atomic E-state index is 0.118. The van der Waals surface area contributed by atoms with Crippen LogP contribution in [0, 0.1) is 0 Å². The van der Waals surface area contributed by atoms with Crippen LogP contribution in [0.3, 0.4) is 0 Å². The summed E-state index contributed by atoms with van der Waals surface area (Å²) in [5.74, 6) is -0.372. The molecular formula is C17H26N6O5S. The van der Waals surface area contributed by atoms with Gasteiger partial charge in [0.05, 0.1) is 30.9 Å². The topological polar surface area (TPSA) is 134 Å². The van der Waals surface area contributed by atoms with Gasteiger partial charge >= 0.3 is 0 Å². The van der Waals surface area contributed by atoms with Crippen molar-refractivity contribution in [3.05, 3.63) is 12.3 Å². The molecule has 2 N–H and O–H groups in total. The first kappa shape index (κ1) is 21.4. The number of carbonyl (C=O) groups excluding carboxylic acids is 2. The number of morpholine rings is 1. The molecule has 3 heterocycles. The lowest BCUT2D eigenvalue weighted by molar-refractivity contribution is -0.147. The molecule has 3 rings (SSSR count). The molecule has 2 amide bonds. The lowest BCUT2D eigenvalue weighted by Gasteiger charge is -2.28. The zero-order valence-electron chi connectivity index (χ0n) is 16.2. The van der Waals surface area contributed by atoms with Gasteiger partial charge in [-0.25, -0.2) is 13.1 Å². The summed E-state index contributed by atoms with van der Waals surface area (Å²) in [5.41, 5.74) is 0.933. The van der Waals surface area contributed by atoms with E-state index < -0.39 is 10.0 Å². The van der Waals surface area contributed by atoms with Crippen molar-refractivity contribution in [1.29, 1.82) is 0 Å². The van der Waals surface area contributed by atoms with Crippen molar-refractivity contribution >= 4 is 33.3 Å². The van der Waals surface area contributed by atoms with E-state index in [1.54, 1.807) is 6.20 Å². The minimum Gasteiger partial charge on any atom is -0.378 e. The number of rotatable bonds is 9. The van der Waals surface area contributed by atoms with Gasteiger partial charge < -0.3 is 15.0 Å². The Labute approximate surface area is 169 Å². The number of amides is 2. The number of piperidine rings is 1. The number of imide groups is 1. The molecule has 0 atom stereocenters. The Hall–Kier alpha value is -2.31. The number of likely N-dealkylation sites (tertiary alicyclic amines) is 1. The molecule has 0 spiro atoms. The molecule has 1 aromatic heterocycles. The number of nitrogens with zero attached hydrogens (tertiary/aromatic N) is 4. The van der Waals surface area contributed by atoms with Gasteiger partial charge in [-0.05, 0) is 6.42 Å². The van der Waals surface area contributed by atoms with Gasteiger partial charge in [-0.1, -0.05) is 0 Å². The van der Waals surface area contributed by atoms with Crippen molar-refractivity contribution in [2.75, 3.05) is 61.9 Å². The summed E-state index contributed by atoms with van der Waals surface area (Å²) in [6, 6.07) is 1.86. The van der Waals surface area contributed by atoms with E-state index in [2.05, 4.69) is 25.1 Å². The van der Waals surface area contributed by atoms with Crippen LogP contribution in [0.2, 0.25) is 0 Å². The maximum absolute atomic E-state index is 12.1. The number of ether oxygens (including phenoxy) is 1. The number of nitrogens with one attached hydrogen (secondary N) is 2. The van der Waals surface area contributed by atoms with Crippen LogP contribution < -0.4 is 14.9 Å². The molecule has 2 saturated heterocycles. The second kappa shape index (κ2) is 9.94. The van der Waals surface area contributed by atoms with Gasteiger partial charge in [-0.3, -0.25) is 14.5 Å². The average Bonchev–Trinajstić information content (AvgIpc) is 2.72. The van der Waals surface area contributed by atoms with Crippen molar-refractivity contribution in [1.82, 2.24) is 19.8 Å². The van der Waals surface area contributed by atoms with Gasteiger partial charge in [0.1, 0.15) is 0 Å². The third kappa shape index (κ3) is 6.34. The Bertz CT molecular complexity index is 811.